The maximum Gasteiger partial charge on any atom is 0.157 e. The first-order chi connectivity index (χ1) is 8.38. The van der Waals surface area contributed by atoms with Crippen LogP contribution in [0.15, 0.2) is 12.4 Å². The Morgan fingerprint density at radius 2 is 2.24 bits per heavy atom. The monoisotopic (exact) mass is 233 g/mol. The molecule has 1 saturated heterocycles. The standard InChI is InChI=1S/C12H15N3O2/c13-7-10-8-14-11(15-9-10)4-6-17-12-3-1-2-5-16-12/h8-9,12H,1-6H2. The summed E-state index contributed by atoms with van der Waals surface area (Å²) in [6.07, 6.45) is 6.89. The van der Waals surface area contributed by atoms with E-state index in [4.69, 9.17) is 14.7 Å². The van der Waals surface area contributed by atoms with Crippen LogP contribution >= 0.6 is 0 Å². The zero-order chi connectivity index (χ0) is 11.9. The summed E-state index contributed by atoms with van der Waals surface area (Å²) in [5.41, 5.74) is 0.477. The Balaban J connectivity index is 1.72. The molecule has 1 fully saturated rings. The topological polar surface area (TPSA) is 68.0 Å². The maximum atomic E-state index is 8.60. The number of rotatable bonds is 4. The molecule has 0 bridgehead atoms. The van der Waals surface area contributed by atoms with Crippen LogP contribution < -0.4 is 0 Å². The van der Waals surface area contributed by atoms with E-state index in [-0.39, 0.29) is 6.29 Å². The van der Waals surface area contributed by atoms with Crippen molar-refractivity contribution in [3.63, 3.8) is 0 Å². The summed E-state index contributed by atoms with van der Waals surface area (Å²) in [4.78, 5) is 8.16. The average molecular weight is 233 g/mol. The van der Waals surface area contributed by atoms with Crippen LogP contribution in [0.2, 0.25) is 0 Å². The minimum Gasteiger partial charge on any atom is -0.353 e. The molecule has 1 atom stereocenters. The molecule has 0 spiro atoms. The third kappa shape index (κ3) is 3.77. The lowest BCUT2D eigenvalue weighted by atomic mass is 10.2. The van der Waals surface area contributed by atoms with E-state index in [1.165, 1.54) is 12.4 Å². The van der Waals surface area contributed by atoms with Crippen molar-refractivity contribution in [3.8, 4) is 6.07 Å². The van der Waals surface area contributed by atoms with Crippen molar-refractivity contribution < 1.29 is 9.47 Å². The summed E-state index contributed by atoms with van der Waals surface area (Å²) in [7, 11) is 0. The fourth-order valence-electron chi connectivity index (χ4n) is 1.67. The minimum absolute atomic E-state index is 0.0675. The minimum atomic E-state index is -0.0675. The van der Waals surface area contributed by atoms with Gasteiger partial charge in [0.2, 0.25) is 0 Å². The van der Waals surface area contributed by atoms with Gasteiger partial charge in [-0.15, -0.1) is 0 Å². The van der Waals surface area contributed by atoms with Gasteiger partial charge in [0.05, 0.1) is 12.2 Å². The lowest BCUT2D eigenvalue weighted by Crippen LogP contribution is -2.23. The van der Waals surface area contributed by atoms with Gasteiger partial charge in [0.15, 0.2) is 6.29 Å². The van der Waals surface area contributed by atoms with E-state index in [1.54, 1.807) is 0 Å². The molecule has 2 rings (SSSR count). The van der Waals surface area contributed by atoms with Crippen LogP contribution in [0.3, 0.4) is 0 Å². The Bertz CT molecular complexity index is 380. The SMILES string of the molecule is N#Cc1cnc(CCOC2CCCCO2)nc1. The number of hydrogen-bond donors (Lipinski definition) is 0. The van der Waals surface area contributed by atoms with Crippen LogP contribution in [0, 0.1) is 11.3 Å². The lowest BCUT2D eigenvalue weighted by Gasteiger charge is -2.22. The predicted octanol–water partition coefficient (Wildman–Crippen LogP) is 1.43. The number of nitriles is 1. The third-order valence-corrected chi connectivity index (χ3v) is 2.60. The Kier molecular flexibility index (Phi) is 4.42. The van der Waals surface area contributed by atoms with Crippen LogP contribution in [-0.2, 0) is 15.9 Å². The number of ether oxygens (including phenoxy) is 2. The largest absolute Gasteiger partial charge is 0.353 e. The average Bonchev–Trinajstić information content (AvgIpc) is 2.41. The van der Waals surface area contributed by atoms with E-state index in [9.17, 15) is 0 Å². The summed E-state index contributed by atoms with van der Waals surface area (Å²) < 4.78 is 11.0. The Morgan fingerprint density at radius 3 is 2.88 bits per heavy atom. The molecule has 1 aliphatic heterocycles. The van der Waals surface area contributed by atoms with E-state index in [0.717, 1.165) is 25.9 Å². The molecular weight excluding hydrogens is 218 g/mol. The molecule has 0 amide bonds. The van der Waals surface area contributed by atoms with Crippen molar-refractivity contribution in [2.75, 3.05) is 13.2 Å². The highest BCUT2D eigenvalue weighted by atomic mass is 16.7. The van der Waals surface area contributed by atoms with E-state index >= 15 is 0 Å². The highest BCUT2D eigenvalue weighted by Gasteiger charge is 2.13. The van der Waals surface area contributed by atoms with Crippen LogP contribution in [-0.4, -0.2) is 29.5 Å². The molecule has 0 saturated carbocycles. The summed E-state index contributed by atoms with van der Waals surface area (Å²) >= 11 is 0. The lowest BCUT2D eigenvalue weighted by molar-refractivity contribution is -0.161. The first-order valence-electron chi connectivity index (χ1n) is 5.83. The fraction of sp³-hybridized carbons (Fsp3) is 0.583. The normalized spacial score (nSPS) is 19.8. The smallest absolute Gasteiger partial charge is 0.157 e. The van der Waals surface area contributed by atoms with Crippen molar-refractivity contribution in [3.05, 3.63) is 23.8 Å². The predicted molar refractivity (Wildman–Crippen MR) is 60.0 cm³/mol. The van der Waals surface area contributed by atoms with Gasteiger partial charge in [-0.1, -0.05) is 0 Å². The molecule has 2 heterocycles. The van der Waals surface area contributed by atoms with Gasteiger partial charge in [0.1, 0.15) is 11.9 Å². The third-order valence-electron chi connectivity index (χ3n) is 2.60. The van der Waals surface area contributed by atoms with Gasteiger partial charge in [-0.05, 0) is 19.3 Å². The second-order valence-corrected chi connectivity index (χ2v) is 3.92. The van der Waals surface area contributed by atoms with E-state index in [0.29, 0.717) is 24.4 Å². The second-order valence-electron chi connectivity index (χ2n) is 3.92. The van der Waals surface area contributed by atoms with Gasteiger partial charge in [0, 0.05) is 25.4 Å². The molecular formula is C12H15N3O2. The molecule has 5 heteroatoms. The summed E-state index contributed by atoms with van der Waals surface area (Å²) in [5, 5.41) is 8.60. The van der Waals surface area contributed by atoms with Crippen molar-refractivity contribution in [1.82, 2.24) is 9.97 Å². The van der Waals surface area contributed by atoms with Gasteiger partial charge < -0.3 is 9.47 Å². The van der Waals surface area contributed by atoms with Crippen LogP contribution in [0.5, 0.6) is 0 Å². The Labute approximate surface area is 100 Å². The van der Waals surface area contributed by atoms with Crippen molar-refractivity contribution >= 4 is 0 Å². The summed E-state index contributed by atoms with van der Waals surface area (Å²) in [5.74, 6) is 0.694. The van der Waals surface area contributed by atoms with Gasteiger partial charge in [-0.25, -0.2) is 9.97 Å². The summed E-state index contributed by atoms with van der Waals surface area (Å²) in [6, 6.07) is 1.99. The van der Waals surface area contributed by atoms with E-state index in [2.05, 4.69) is 9.97 Å². The molecule has 90 valence electrons. The summed E-state index contributed by atoms with van der Waals surface area (Å²) in [6.45, 7) is 1.34. The van der Waals surface area contributed by atoms with E-state index < -0.39 is 0 Å². The fourth-order valence-corrected chi connectivity index (χ4v) is 1.67. The molecule has 1 aliphatic rings. The molecule has 5 nitrogen and oxygen atoms in total. The van der Waals surface area contributed by atoms with Crippen molar-refractivity contribution in [2.45, 2.75) is 32.0 Å². The van der Waals surface area contributed by atoms with Crippen LogP contribution in [0.25, 0.3) is 0 Å². The second kappa shape index (κ2) is 6.28. The number of nitrogens with zero attached hydrogens (tertiary/aromatic N) is 3. The van der Waals surface area contributed by atoms with Gasteiger partial charge in [-0.3, -0.25) is 0 Å². The van der Waals surface area contributed by atoms with Gasteiger partial charge in [0.25, 0.3) is 0 Å². The molecule has 0 radical (unpaired) electrons. The van der Waals surface area contributed by atoms with Crippen molar-refractivity contribution in [2.24, 2.45) is 0 Å². The zero-order valence-corrected chi connectivity index (χ0v) is 9.63. The van der Waals surface area contributed by atoms with Gasteiger partial charge in [-0.2, -0.15) is 5.26 Å². The first-order valence-corrected chi connectivity index (χ1v) is 5.83. The van der Waals surface area contributed by atoms with E-state index in [1.807, 2.05) is 6.07 Å². The Morgan fingerprint density at radius 1 is 1.41 bits per heavy atom. The molecule has 1 aromatic rings. The maximum absolute atomic E-state index is 8.60. The first kappa shape index (κ1) is 12.0. The molecule has 0 aliphatic carbocycles. The Hall–Kier alpha value is -1.51. The van der Waals surface area contributed by atoms with Crippen LogP contribution in [0.1, 0.15) is 30.7 Å². The molecule has 0 aromatic carbocycles. The van der Waals surface area contributed by atoms with Crippen LogP contribution in [0.4, 0.5) is 0 Å². The highest BCUT2D eigenvalue weighted by Crippen LogP contribution is 2.13. The molecule has 17 heavy (non-hydrogen) atoms. The molecule has 1 aromatic heterocycles. The zero-order valence-electron chi connectivity index (χ0n) is 9.63. The molecule has 1 unspecified atom stereocenters. The quantitative estimate of drug-likeness (QED) is 0.787. The number of aromatic nitrogens is 2. The highest BCUT2D eigenvalue weighted by molar-refractivity contribution is 5.21. The van der Waals surface area contributed by atoms with Gasteiger partial charge >= 0.3 is 0 Å². The number of hydrogen-bond acceptors (Lipinski definition) is 5. The molecule has 0 N–H and O–H groups in total. The van der Waals surface area contributed by atoms with Crippen molar-refractivity contribution in [1.29, 1.82) is 5.26 Å².